The molecule has 2 heteroatoms. The highest BCUT2D eigenvalue weighted by Gasteiger charge is 2.36. The van der Waals surface area contributed by atoms with Crippen LogP contribution in [0.5, 0.6) is 0 Å². The second-order valence-electron chi connectivity index (χ2n) is 3.62. The number of carbonyl (C=O) groups is 1. The summed E-state index contributed by atoms with van der Waals surface area (Å²) in [4.78, 5) is 11.1. The first-order valence-corrected chi connectivity index (χ1v) is 4.43. The molecule has 3 atom stereocenters. The van der Waals surface area contributed by atoms with Gasteiger partial charge >= 0.3 is 0 Å². The standard InChI is InChI=1S/C9H17NO/c1-3-7-4-8(7)5-9(11)6(2)10/h6-8H,3-5,10H2,1-2H3/t6?,7-,8+/m1/s1. The molecule has 2 nitrogen and oxygen atoms in total. The highest BCUT2D eigenvalue weighted by molar-refractivity contribution is 5.83. The van der Waals surface area contributed by atoms with E-state index in [-0.39, 0.29) is 11.8 Å². The van der Waals surface area contributed by atoms with Crippen molar-refractivity contribution in [2.75, 3.05) is 0 Å². The van der Waals surface area contributed by atoms with E-state index in [1.807, 2.05) is 0 Å². The van der Waals surface area contributed by atoms with Gasteiger partial charge in [0.15, 0.2) is 0 Å². The summed E-state index contributed by atoms with van der Waals surface area (Å²) in [5.41, 5.74) is 5.45. The minimum atomic E-state index is -0.256. The van der Waals surface area contributed by atoms with E-state index in [0.717, 1.165) is 12.3 Å². The summed E-state index contributed by atoms with van der Waals surface area (Å²) in [5.74, 6) is 1.71. The lowest BCUT2D eigenvalue weighted by atomic mass is 10.1. The molecule has 0 heterocycles. The van der Waals surface area contributed by atoms with Gasteiger partial charge in [-0.3, -0.25) is 4.79 Å². The van der Waals surface area contributed by atoms with E-state index in [0.29, 0.717) is 5.92 Å². The van der Waals surface area contributed by atoms with E-state index in [1.165, 1.54) is 12.8 Å². The number of nitrogens with two attached hydrogens (primary N) is 1. The monoisotopic (exact) mass is 155 g/mol. The normalized spacial score (nSPS) is 31.5. The molecule has 0 saturated heterocycles. The van der Waals surface area contributed by atoms with Gasteiger partial charge < -0.3 is 5.73 Å². The van der Waals surface area contributed by atoms with E-state index in [2.05, 4.69) is 6.92 Å². The van der Waals surface area contributed by atoms with Gasteiger partial charge in [-0.15, -0.1) is 0 Å². The second kappa shape index (κ2) is 3.35. The molecule has 1 saturated carbocycles. The Morgan fingerprint density at radius 1 is 1.64 bits per heavy atom. The summed E-state index contributed by atoms with van der Waals surface area (Å²) in [7, 11) is 0. The first-order chi connectivity index (χ1) is 5.15. The van der Waals surface area contributed by atoms with Crippen molar-refractivity contribution in [3.63, 3.8) is 0 Å². The van der Waals surface area contributed by atoms with E-state index >= 15 is 0 Å². The molecular formula is C9H17NO. The SMILES string of the molecule is CC[C@@H]1C[C@H]1CC(=O)C(C)N. The van der Waals surface area contributed by atoms with Crippen LogP contribution >= 0.6 is 0 Å². The zero-order valence-electron chi connectivity index (χ0n) is 7.34. The Morgan fingerprint density at radius 2 is 2.27 bits per heavy atom. The van der Waals surface area contributed by atoms with Crippen LogP contribution in [-0.2, 0) is 4.79 Å². The highest BCUT2D eigenvalue weighted by Crippen LogP contribution is 2.43. The van der Waals surface area contributed by atoms with E-state index in [4.69, 9.17) is 5.73 Å². The number of hydrogen-bond donors (Lipinski definition) is 1. The molecule has 0 amide bonds. The number of hydrogen-bond acceptors (Lipinski definition) is 2. The molecule has 1 unspecified atom stereocenters. The number of Topliss-reactive ketones (excluding diaryl/α,β-unsaturated/α-hetero) is 1. The Bertz CT molecular complexity index is 154. The van der Waals surface area contributed by atoms with Crippen LogP contribution in [0, 0.1) is 11.8 Å². The lowest BCUT2D eigenvalue weighted by molar-refractivity contribution is -0.120. The Kier molecular flexibility index (Phi) is 2.66. The molecule has 0 aromatic carbocycles. The van der Waals surface area contributed by atoms with Crippen molar-refractivity contribution >= 4 is 5.78 Å². The summed E-state index contributed by atoms with van der Waals surface area (Å²) < 4.78 is 0. The van der Waals surface area contributed by atoms with Crippen LogP contribution < -0.4 is 5.73 Å². The van der Waals surface area contributed by atoms with Crippen molar-refractivity contribution in [3.8, 4) is 0 Å². The fourth-order valence-electron chi connectivity index (χ4n) is 1.50. The predicted molar refractivity (Wildman–Crippen MR) is 45.2 cm³/mol. The number of rotatable bonds is 4. The minimum absolute atomic E-state index is 0.228. The van der Waals surface area contributed by atoms with Crippen molar-refractivity contribution in [3.05, 3.63) is 0 Å². The van der Waals surface area contributed by atoms with Crippen LogP contribution in [0.1, 0.15) is 33.1 Å². The fourth-order valence-corrected chi connectivity index (χ4v) is 1.50. The van der Waals surface area contributed by atoms with Crippen molar-refractivity contribution in [1.82, 2.24) is 0 Å². The summed E-state index contributed by atoms with van der Waals surface area (Å²) in [6.45, 7) is 3.95. The van der Waals surface area contributed by atoms with Crippen LogP contribution in [0.25, 0.3) is 0 Å². The van der Waals surface area contributed by atoms with Crippen molar-refractivity contribution < 1.29 is 4.79 Å². The molecular weight excluding hydrogens is 138 g/mol. The van der Waals surface area contributed by atoms with E-state index < -0.39 is 0 Å². The largest absolute Gasteiger partial charge is 0.322 e. The fraction of sp³-hybridized carbons (Fsp3) is 0.889. The first kappa shape index (κ1) is 8.72. The molecule has 1 rings (SSSR count). The Balaban J connectivity index is 2.18. The Hall–Kier alpha value is -0.370. The zero-order chi connectivity index (χ0) is 8.43. The number of carbonyl (C=O) groups excluding carboxylic acids is 1. The van der Waals surface area contributed by atoms with Crippen LogP contribution in [0.4, 0.5) is 0 Å². The van der Waals surface area contributed by atoms with Gasteiger partial charge in [-0.1, -0.05) is 13.3 Å². The van der Waals surface area contributed by atoms with Gasteiger partial charge in [0.25, 0.3) is 0 Å². The van der Waals surface area contributed by atoms with Gasteiger partial charge in [0.2, 0.25) is 0 Å². The molecule has 0 aromatic heterocycles. The van der Waals surface area contributed by atoms with Crippen LogP contribution in [0.3, 0.4) is 0 Å². The van der Waals surface area contributed by atoms with Gasteiger partial charge in [0, 0.05) is 6.42 Å². The maximum absolute atomic E-state index is 11.1. The third-order valence-electron chi connectivity index (χ3n) is 2.56. The molecule has 2 N–H and O–H groups in total. The third-order valence-corrected chi connectivity index (χ3v) is 2.56. The molecule has 0 bridgehead atoms. The number of ketones is 1. The minimum Gasteiger partial charge on any atom is -0.322 e. The molecule has 0 aliphatic heterocycles. The molecule has 0 spiro atoms. The van der Waals surface area contributed by atoms with Gasteiger partial charge in [0.1, 0.15) is 5.78 Å². The quantitative estimate of drug-likeness (QED) is 0.665. The average molecular weight is 155 g/mol. The second-order valence-corrected chi connectivity index (χ2v) is 3.62. The van der Waals surface area contributed by atoms with Crippen molar-refractivity contribution in [2.24, 2.45) is 17.6 Å². The van der Waals surface area contributed by atoms with Crippen LogP contribution in [0.2, 0.25) is 0 Å². The maximum Gasteiger partial charge on any atom is 0.149 e. The third kappa shape index (κ3) is 2.29. The van der Waals surface area contributed by atoms with Gasteiger partial charge in [-0.05, 0) is 25.2 Å². The van der Waals surface area contributed by atoms with E-state index in [1.54, 1.807) is 6.92 Å². The average Bonchev–Trinajstić information content (AvgIpc) is 2.67. The zero-order valence-corrected chi connectivity index (χ0v) is 7.34. The summed E-state index contributed by atoms with van der Waals surface area (Å²) in [5, 5.41) is 0. The lowest BCUT2D eigenvalue weighted by Gasteiger charge is -2.02. The molecule has 1 aliphatic carbocycles. The smallest absolute Gasteiger partial charge is 0.149 e. The Labute approximate surface area is 68.2 Å². The molecule has 11 heavy (non-hydrogen) atoms. The van der Waals surface area contributed by atoms with E-state index in [9.17, 15) is 4.79 Å². The molecule has 0 radical (unpaired) electrons. The van der Waals surface area contributed by atoms with Gasteiger partial charge in [-0.2, -0.15) is 0 Å². The van der Waals surface area contributed by atoms with Crippen LogP contribution in [-0.4, -0.2) is 11.8 Å². The summed E-state index contributed by atoms with van der Waals surface area (Å²) in [6, 6.07) is -0.256. The predicted octanol–water partition coefficient (Wildman–Crippen LogP) is 1.34. The van der Waals surface area contributed by atoms with Crippen LogP contribution in [0.15, 0.2) is 0 Å². The summed E-state index contributed by atoms with van der Waals surface area (Å²) in [6.07, 6.45) is 3.18. The molecule has 1 aliphatic rings. The van der Waals surface area contributed by atoms with Crippen molar-refractivity contribution in [1.29, 1.82) is 0 Å². The topological polar surface area (TPSA) is 43.1 Å². The lowest BCUT2D eigenvalue weighted by Crippen LogP contribution is -2.26. The summed E-state index contributed by atoms with van der Waals surface area (Å²) >= 11 is 0. The van der Waals surface area contributed by atoms with Crippen molar-refractivity contribution in [2.45, 2.75) is 39.2 Å². The molecule has 1 fully saturated rings. The van der Waals surface area contributed by atoms with Gasteiger partial charge in [-0.25, -0.2) is 0 Å². The molecule has 64 valence electrons. The highest BCUT2D eigenvalue weighted by atomic mass is 16.1. The van der Waals surface area contributed by atoms with Gasteiger partial charge in [0.05, 0.1) is 6.04 Å². The first-order valence-electron chi connectivity index (χ1n) is 4.43. The Morgan fingerprint density at radius 3 is 2.64 bits per heavy atom. The maximum atomic E-state index is 11.1. The molecule has 0 aromatic rings.